The number of furan rings is 1. The number of nitrogens with zero attached hydrogens (tertiary/aromatic N) is 4. The number of pyridine rings is 1. The summed E-state index contributed by atoms with van der Waals surface area (Å²) in [5.74, 6) is 1.87. The standard InChI is InChI=1S/C44H26N4O/c1-3-11-29-25-31(19-17-27(29)9-1)42-46-43(32-20-18-28-10-2-4-12-30(28)26-32)48-44(47-42)36-22-21-35(33-13-5-6-14-34(33)36)41-40-37-15-7-8-16-38(37)49-39(40)23-24-45-41/h1-26H. The van der Waals surface area contributed by atoms with E-state index < -0.39 is 0 Å². The molecule has 0 saturated carbocycles. The first-order valence-corrected chi connectivity index (χ1v) is 16.3. The molecule has 49 heavy (non-hydrogen) atoms. The molecular weight excluding hydrogens is 601 g/mol. The second kappa shape index (κ2) is 10.9. The zero-order valence-corrected chi connectivity index (χ0v) is 26.2. The fourth-order valence-corrected chi connectivity index (χ4v) is 6.99. The Hall–Kier alpha value is -6.72. The van der Waals surface area contributed by atoms with Crippen LogP contribution in [-0.2, 0) is 0 Å². The van der Waals surface area contributed by atoms with Crippen molar-refractivity contribution in [2.75, 3.05) is 0 Å². The molecule has 0 bridgehead atoms. The average molecular weight is 627 g/mol. The van der Waals surface area contributed by atoms with Crippen LogP contribution in [0.4, 0.5) is 0 Å². The van der Waals surface area contributed by atoms with Crippen LogP contribution in [0.3, 0.4) is 0 Å². The van der Waals surface area contributed by atoms with Gasteiger partial charge in [-0.3, -0.25) is 4.98 Å². The van der Waals surface area contributed by atoms with E-state index in [1.807, 2.05) is 30.5 Å². The predicted octanol–water partition coefficient (Wildman–Crippen LogP) is 11.3. The van der Waals surface area contributed by atoms with Crippen LogP contribution < -0.4 is 0 Å². The molecular formula is C44H26N4O. The maximum Gasteiger partial charge on any atom is 0.164 e. The van der Waals surface area contributed by atoms with Gasteiger partial charge in [0.1, 0.15) is 11.2 Å². The molecule has 0 unspecified atom stereocenters. The highest BCUT2D eigenvalue weighted by atomic mass is 16.3. The Morgan fingerprint density at radius 1 is 0.388 bits per heavy atom. The molecule has 0 saturated heterocycles. The van der Waals surface area contributed by atoms with Crippen molar-refractivity contribution in [2.24, 2.45) is 0 Å². The molecule has 10 rings (SSSR count). The van der Waals surface area contributed by atoms with Crippen LogP contribution in [0.5, 0.6) is 0 Å². The lowest BCUT2D eigenvalue weighted by Gasteiger charge is -2.13. The number of hydrogen-bond acceptors (Lipinski definition) is 5. The molecule has 10 aromatic rings. The van der Waals surface area contributed by atoms with Crippen LogP contribution in [0.1, 0.15) is 0 Å². The lowest BCUT2D eigenvalue weighted by Crippen LogP contribution is -2.01. The van der Waals surface area contributed by atoms with E-state index in [-0.39, 0.29) is 0 Å². The van der Waals surface area contributed by atoms with Crippen molar-refractivity contribution in [3.8, 4) is 45.4 Å². The first-order chi connectivity index (χ1) is 24.3. The quantitative estimate of drug-likeness (QED) is 0.194. The van der Waals surface area contributed by atoms with E-state index >= 15 is 0 Å². The molecule has 0 aliphatic heterocycles. The zero-order valence-electron chi connectivity index (χ0n) is 26.2. The summed E-state index contributed by atoms with van der Waals surface area (Å²) in [7, 11) is 0. The second-order valence-electron chi connectivity index (χ2n) is 12.3. The summed E-state index contributed by atoms with van der Waals surface area (Å²) < 4.78 is 6.22. The van der Waals surface area contributed by atoms with Crippen molar-refractivity contribution in [3.63, 3.8) is 0 Å². The van der Waals surface area contributed by atoms with E-state index in [0.717, 1.165) is 71.4 Å². The van der Waals surface area contributed by atoms with Crippen LogP contribution >= 0.6 is 0 Å². The highest BCUT2D eigenvalue weighted by Crippen LogP contribution is 2.40. The molecule has 3 aromatic heterocycles. The van der Waals surface area contributed by atoms with Gasteiger partial charge in [0, 0.05) is 33.8 Å². The third kappa shape index (κ3) is 4.55. The summed E-state index contributed by atoms with van der Waals surface area (Å²) >= 11 is 0. The van der Waals surface area contributed by atoms with E-state index in [4.69, 9.17) is 24.4 Å². The normalized spacial score (nSPS) is 11.7. The summed E-state index contributed by atoms with van der Waals surface area (Å²) in [6.07, 6.45) is 1.82. The average Bonchev–Trinajstić information content (AvgIpc) is 3.56. The predicted molar refractivity (Wildman–Crippen MR) is 199 cm³/mol. The van der Waals surface area contributed by atoms with Crippen molar-refractivity contribution < 1.29 is 4.42 Å². The minimum atomic E-state index is 0.615. The van der Waals surface area contributed by atoms with Crippen molar-refractivity contribution in [1.29, 1.82) is 0 Å². The third-order valence-electron chi connectivity index (χ3n) is 9.36. The van der Waals surface area contributed by atoms with E-state index in [1.54, 1.807) is 0 Å². The number of benzene rings is 7. The molecule has 0 amide bonds. The second-order valence-corrected chi connectivity index (χ2v) is 12.3. The minimum Gasteiger partial charge on any atom is -0.456 e. The van der Waals surface area contributed by atoms with Crippen molar-refractivity contribution in [2.45, 2.75) is 0 Å². The topological polar surface area (TPSA) is 64.7 Å². The van der Waals surface area contributed by atoms with Crippen LogP contribution in [-0.4, -0.2) is 19.9 Å². The van der Waals surface area contributed by atoms with Gasteiger partial charge in [-0.05, 0) is 62.6 Å². The van der Waals surface area contributed by atoms with Crippen molar-refractivity contribution in [1.82, 2.24) is 19.9 Å². The fraction of sp³-hybridized carbons (Fsp3) is 0. The molecule has 5 heteroatoms. The molecule has 0 atom stereocenters. The number of para-hydroxylation sites is 1. The van der Waals surface area contributed by atoms with Crippen LogP contribution in [0, 0.1) is 0 Å². The number of hydrogen-bond donors (Lipinski definition) is 0. The molecule has 0 spiro atoms. The maximum absolute atomic E-state index is 6.22. The van der Waals surface area contributed by atoms with Gasteiger partial charge in [-0.1, -0.05) is 121 Å². The van der Waals surface area contributed by atoms with Gasteiger partial charge in [0.15, 0.2) is 17.5 Å². The molecule has 7 aromatic carbocycles. The van der Waals surface area contributed by atoms with Crippen LogP contribution in [0.15, 0.2) is 162 Å². The van der Waals surface area contributed by atoms with Gasteiger partial charge < -0.3 is 4.42 Å². The Bertz CT molecular complexity index is 2810. The monoisotopic (exact) mass is 626 g/mol. The van der Waals surface area contributed by atoms with Crippen molar-refractivity contribution in [3.05, 3.63) is 158 Å². The number of rotatable bonds is 4. The molecule has 0 aliphatic carbocycles. The smallest absolute Gasteiger partial charge is 0.164 e. The van der Waals surface area contributed by atoms with Crippen LogP contribution in [0.25, 0.3) is 99.7 Å². The van der Waals surface area contributed by atoms with Gasteiger partial charge in [0.05, 0.1) is 11.1 Å². The summed E-state index contributed by atoms with van der Waals surface area (Å²) in [6.45, 7) is 0. The summed E-state index contributed by atoms with van der Waals surface area (Å²) in [5, 5.41) is 8.77. The lowest BCUT2D eigenvalue weighted by molar-refractivity contribution is 0.668. The Morgan fingerprint density at radius 2 is 0.918 bits per heavy atom. The maximum atomic E-state index is 6.22. The summed E-state index contributed by atoms with van der Waals surface area (Å²) in [5.41, 5.74) is 6.37. The third-order valence-corrected chi connectivity index (χ3v) is 9.36. The van der Waals surface area contributed by atoms with Gasteiger partial charge in [-0.2, -0.15) is 0 Å². The highest BCUT2D eigenvalue weighted by Gasteiger charge is 2.19. The Balaban J connectivity index is 1.21. The molecule has 0 N–H and O–H groups in total. The molecule has 3 heterocycles. The molecule has 0 radical (unpaired) electrons. The zero-order chi connectivity index (χ0) is 32.3. The molecule has 0 aliphatic rings. The van der Waals surface area contributed by atoms with Crippen LogP contribution in [0.2, 0.25) is 0 Å². The highest BCUT2D eigenvalue weighted by molar-refractivity contribution is 6.15. The molecule has 5 nitrogen and oxygen atoms in total. The van der Waals surface area contributed by atoms with Gasteiger partial charge >= 0.3 is 0 Å². The first-order valence-electron chi connectivity index (χ1n) is 16.3. The van der Waals surface area contributed by atoms with Gasteiger partial charge in [-0.25, -0.2) is 15.0 Å². The number of aromatic nitrogens is 4. The SMILES string of the molecule is c1ccc2cc(-c3nc(-c4ccc5ccccc5c4)nc(-c4ccc(-c5nccc6oc7ccccc7c56)c5ccccc45)n3)ccc2c1. The molecule has 0 fully saturated rings. The van der Waals surface area contributed by atoms with E-state index in [2.05, 4.69) is 127 Å². The van der Waals surface area contributed by atoms with Gasteiger partial charge in [-0.15, -0.1) is 0 Å². The Morgan fingerprint density at radius 3 is 1.59 bits per heavy atom. The Kier molecular flexibility index (Phi) is 6.11. The van der Waals surface area contributed by atoms with E-state index in [0.29, 0.717) is 17.5 Å². The fourth-order valence-electron chi connectivity index (χ4n) is 6.99. The first kappa shape index (κ1) is 27.4. The van der Waals surface area contributed by atoms with Crippen molar-refractivity contribution >= 4 is 54.3 Å². The van der Waals surface area contributed by atoms with Gasteiger partial charge in [0.2, 0.25) is 0 Å². The summed E-state index contributed by atoms with van der Waals surface area (Å²) in [6, 6.07) is 52.2. The molecule has 228 valence electrons. The lowest BCUT2D eigenvalue weighted by atomic mass is 9.95. The van der Waals surface area contributed by atoms with E-state index in [9.17, 15) is 0 Å². The van der Waals surface area contributed by atoms with Gasteiger partial charge in [0.25, 0.3) is 0 Å². The summed E-state index contributed by atoms with van der Waals surface area (Å²) in [4.78, 5) is 20.3. The largest absolute Gasteiger partial charge is 0.456 e. The Labute approximate surface area is 281 Å². The van der Waals surface area contributed by atoms with E-state index in [1.165, 1.54) is 10.8 Å². The minimum absolute atomic E-state index is 0.615. The number of fused-ring (bicyclic) bond motifs is 6.